The quantitative estimate of drug-likeness (QED) is 0.275. The van der Waals surface area contributed by atoms with Crippen LogP contribution in [0.3, 0.4) is 0 Å². The zero-order valence-corrected chi connectivity index (χ0v) is 19.2. The van der Waals surface area contributed by atoms with Gasteiger partial charge in [-0.2, -0.15) is 0 Å². The Morgan fingerprint density at radius 1 is 0.969 bits per heavy atom. The summed E-state index contributed by atoms with van der Waals surface area (Å²) in [7, 11) is 0. The fraction of sp³-hybridized carbons (Fsp3) is 0.304. The number of anilines is 1. The lowest BCUT2D eigenvalue weighted by Crippen LogP contribution is -2.48. The molecule has 0 spiro atoms. The third kappa shape index (κ3) is 7.99. The van der Waals surface area contributed by atoms with Crippen molar-refractivity contribution in [1.82, 2.24) is 16.2 Å². The van der Waals surface area contributed by atoms with Crippen molar-refractivity contribution in [3.8, 4) is 5.75 Å². The maximum absolute atomic E-state index is 12.4. The monoisotopic (exact) mass is 456 g/mol. The van der Waals surface area contributed by atoms with Crippen LogP contribution in [0.4, 0.5) is 5.69 Å². The van der Waals surface area contributed by atoms with Gasteiger partial charge >= 0.3 is 0 Å². The first kappa shape index (κ1) is 24.8. The van der Waals surface area contributed by atoms with Gasteiger partial charge in [0, 0.05) is 22.7 Å². The lowest BCUT2D eigenvalue weighted by molar-refractivity contribution is -0.118. The van der Waals surface area contributed by atoms with E-state index in [2.05, 4.69) is 28.4 Å². The number of carbonyl (C=O) groups excluding carboxylic acids is 3. The summed E-state index contributed by atoms with van der Waals surface area (Å²) in [5.41, 5.74) is 6.25. The van der Waals surface area contributed by atoms with Crippen LogP contribution in [0.2, 0.25) is 0 Å². The molecular weight excluding hydrogens is 428 g/mol. The largest absolute Gasteiger partial charge is 0.494 e. The fourth-order valence-electron chi connectivity index (χ4n) is 2.45. The molecule has 0 fully saturated rings. The van der Waals surface area contributed by atoms with Gasteiger partial charge in [0.1, 0.15) is 5.75 Å². The molecular formula is C23H28N4O4S. The van der Waals surface area contributed by atoms with Gasteiger partial charge in [-0.3, -0.25) is 30.6 Å². The Hall–Kier alpha value is -3.46. The molecule has 3 amide bonds. The number of ether oxygens (including phenoxy) is 1. The first-order chi connectivity index (χ1) is 15.3. The van der Waals surface area contributed by atoms with Crippen molar-refractivity contribution >= 4 is 40.7 Å². The van der Waals surface area contributed by atoms with Crippen molar-refractivity contribution in [2.24, 2.45) is 5.92 Å². The van der Waals surface area contributed by atoms with Gasteiger partial charge in [0.2, 0.25) is 5.91 Å². The molecule has 0 saturated heterocycles. The van der Waals surface area contributed by atoms with Gasteiger partial charge in [0.05, 0.1) is 6.61 Å². The van der Waals surface area contributed by atoms with Crippen molar-refractivity contribution in [3.05, 3.63) is 59.7 Å². The van der Waals surface area contributed by atoms with E-state index >= 15 is 0 Å². The normalized spacial score (nSPS) is 10.2. The Morgan fingerprint density at radius 2 is 1.69 bits per heavy atom. The van der Waals surface area contributed by atoms with E-state index in [0.717, 1.165) is 12.8 Å². The molecule has 4 N–H and O–H groups in total. The fourth-order valence-corrected chi connectivity index (χ4v) is 2.59. The summed E-state index contributed by atoms with van der Waals surface area (Å²) >= 11 is 5.07. The second-order valence-corrected chi connectivity index (χ2v) is 7.72. The molecule has 0 aromatic heterocycles. The number of rotatable bonds is 8. The Balaban J connectivity index is 1.83. The smallest absolute Gasteiger partial charge is 0.269 e. The molecule has 0 unspecified atom stereocenters. The summed E-state index contributed by atoms with van der Waals surface area (Å²) in [5.74, 6) is -0.527. The highest BCUT2D eigenvalue weighted by Crippen LogP contribution is 2.14. The van der Waals surface area contributed by atoms with E-state index < -0.39 is 11.8 Å². The number of amides is 3. The zero-order chi connectivity index (χ0) is 23.5. The average Bonchev–Trinajstić information content (AvgIpc) is 2.78. The van der Waals surface area contributed by atoms with Gasteiger partial charge in [-0.1, -0.05) is 33.3 Å². The summed E-state index contributed by atoms with van der Waals surface area (Å²) in [6, 6.07) is 13.2. The van der Waals surface area contributed by atoms with Crippen LogP contribution in [-0.2, 0) is 4.79 Å². The minimum Gasteiger partial charge on any atom is -0.494 e. The average molecular weight is 457 g/mol. The van der Waals surface area contributed by atoms with E-state index in [1.807, 2.05) is 0 Å². The number of carbonyl (C=O) groups is 3. The van der Waals surface area contributed by atoms with Crippen molar-refractivity contribution < 1.29 is 19.1 Å². The lowest BCUT2D eigenvalue weighted by Gasteiger charge is -2.12. The van der Waals surface area contributed by atoms with Crippen LogP contribution in [0.1, 0.15) is 54.3 Å². The van der Waals surface area contributed by atoms with Crippen molar-refractivity contribution in [3.63, 3.8) is 0 Å². The van der Waals surface area contributed by atoms with Crippen LogP contribution in [0, 0.1) is 5.92 Å². The number of hydrazine groups is 1. The Bertz CT molecular complexity index is 961. The molecule has 2 aromatic rings. The molecule has 9 heteroatoms. The second kappa shape index (κ2) is 12.4. The first-order valence-corrected chi connectivity index (χ1v) is 10.8. The SMILES string of the molecule is CCCCOc1cccc(C(=O)NC(=S)NNC(=O)c2ccc(NC(=O)C(C)C)cc2)c1. The molecule has 8 nitrogen and oxygen atoms in total. The molecule has 2 aromatic carbocycles. The highest BCUT2D eigenvalue weighted by molar-refractivity contribution is 7.80. The van der Waals surface area contributed by atoms with E-state index in [9.17, 15) is 14.4 Å². The lowest BCUT2D eigenvalue weighted by atomic mass is 10.1. The molecule has 0 atom stereocenters. The summed E-state index contributed by atoms with van der Waals surface area (Å²) in [5, 5.41) is 5.20. The number of unbranched alkanes of at least 4 members (excludes halogenated alkanes) is 1. The topological polar surface area (TPSA) is 109 Å². The third-order valence-electron chi connectivity index (χ3n) is 4.32. The predicted molar refractivity (Wildman–Crippen MR) is 127 cm³/mol. The van der Waals surface area contributed by atoms with Crippen LogP contribution in [0.25, 0.3) is 0 Å². The van der Waals surface area contributed by atoms with Crippen LogP contribution in [0.5, 0.6) is 5.75 Å². The molecule has 0 aliphatic carbocycles. The number of hydrogen-bond acceptors (Lipinski definition) is 5. The second-order valence-electron chi connectivity index (χ2n) is 7.31. The molecule has 0 saturated carbocycles. The molecule has 0 aliphatic heterocycles. The summed E-state index contributed by atoms with van der Waals surface area (Å²) < 4.78 is 5.60. The maximum atomic E-state index is 12.4. The van der Waals surface area contributed by atoms with Crippen molar-refractivity contribution in [2.45, 2.75) is 33.6 Å². The molecule has 170 valence electrons. The van der Waals surface area contributed by atoms with Crippen LogP contribution < -0.4 is 26.2 Å². The van der Waals surface area contributed by atoms with Crippen molar-refractivity contribution in [1.29, 1.82) is 0 Å². The number of hydrogen-bond donors (Lipinski definition) is 4. The van der Waals surface area contributed by atoms with Crippen molar-refractivity contribution in [2.75, 3.05) is 11.9 Å². The van der Waals surface area contributed by atoms with E-state index in [0.29, 0.717) is 29.2 Å². The number of nitrogens with one attached hydrogen (secondary N) is 4. The van der Waals surface area contributed by atoms with E-state index in [-0.39, 0.29) is 16.9 Å². The van der Waals surface area contributed by atoms with Gasteiger partial charge in [0.15, 0.2) is 5.11 Å². The van der Waals surface area contributed by atoms with Crippen LogP contribution in [0.15, 0.2) is 48.5 Å². The highest BCUT2D eigenvalue weighted by atomic mass is 32.1. The summed E-state index contributed by atoms with van der Waals surface area (Å²) in [6.45, 7) is 6.24. The summed E-state index contributed by atoms with van der Waals surface area (Å²) in [4.78, 5) is 36.4. The van der Waals surface area contributed by atoms with Gasteiger partial charge in [0.25, 0.3) is 11.8 Å². The molecule has 2 rings (SSSR count). The molecule has 0 radical (unpaired) electrons. The molecule has 0 bridgehead atoms. The standard InChI is InChI=1S/C23H28N4O4S/c1-4-5-13-31-19-8-6-7-17(14-19)21(29)25-23(32)27-26-22(30)16-9-11-18(12-10-16)24-20(28)15(2)3/h6-12,14-15H,4-5,13H2,1-3H3,(H,24,28)(H,26,30)(H2,25,27,29,32). The third-order valence-corrected chi connectivity index (χ3v) is 4.52. The minimum absolute atomic E-state index is 0.0542. The van der Waals surface area contributed by atoms with Crippen LogP contribution >= 0.6 is 12.2 Å². The Morgan fingerprint density at radius 3 is 2.34 bits per heavy atom. The van der Waals surface area contributed by atoms with E-state index in [1.54, 1.807) is 62.4 Å². The first-order valence-electron chi connectivity index (χ1n) is 10.4. The Labute approximate surface area is 193 Å². The number of thiocarbonyl (C=S) groups is 1. The highest BCUT2D eigenvalue weighted by Gasteiger charge is 2.11. The number of benzene rings is 2. The summed E-state index contributed by atoms with van der Waals surface area (Å²) in [6.07, 6.45) is 1.95. The van der Waals surface area contributed by atoms with Gasteiger partial charge < -0.3 is 10.1 Å². The maximum Gasteiger partial charge on any atom is 0.269 e. The molecule has 0 aliphatic rings. The van der Waals surface area contributed by atoms with E-state index in [4.69, 9.17) is 17.0 Å². The van der Waals surface area contributed by atoms with E-state index in [1.165, 1.54) is 0 Å². The zero-order valence-electron chi connectivity index (χ0n) is 18.4. The molecule has 0 heterocycles. The van der Waals surface area contributed by atoms with Gasteiger partial charge in [-0.25, -0.2) is 0 Å². The minimum atomic E-state index is -0.449. The van der Waals surface area contributed by atoms with Gasteiger partial charge in [-0.15, -0.1) is 0 Å². The Kier molecular flexibility index (Phi) is 9.62. The molecule has 32 heavy (non-hydrogen) atoms. The van der Waals surface area contributed by atoms with Crippen LogP contribution in [-0.4, -0.2) is 29.4 Å². The van der Waals surface area contributed by atoms with Gasteiger partial charge in [-0.05, 0) is 61.1 Å². The predicted octanol–water partition coefficient (Wildman–Crippen LogP) is 3.41.